The maximum Gasteiger partial charge on any atom is 0.422 e. The molecule has 0 aliphatic rings. The number of halogens is 3. The summed E-state index contributed by atoms with van der Waals surface area (Å²) in [5.74, 6) is -1.71. The predicted octanol–water partition coefficient (Wildman–Crippen LogP) is 4.74. The van der Waals surface area contributed by atoms with E-state index in [4.69, 9.17) is 4.74 Å². The van der Waals surface area contributed by atoms with Gasteiger partial charge in [0.2, 0.25) is 5.88 Å². The van der Waals surface area contributed by atoms with Gasteiger partial charge in [0.25, 0.3) is 5.91 Å². The Morgan fingerprint density at radius 2 is 1.79 bits per heavy atom. The fraction of sp³-hybridized carbons (Fsp3) is 0.292. The summed E-state index contributed by atoms with van der Waals surface area (Å²) in [7, 11) is 0. The third-order valence-corrected chi connectivity index (χ3v) is 5.26. The summed E-state index contributed by atoms with van der Waals surface area (Å²) >= 11 is 0. The molecule has 0 spiro atoms. The molecule has 34 heavy (non-hydrogen) atoms. The lowest BCUT2D eigenvalue weighted by Gasteiger charge is -2.25. The van der Waals surface area contributed by atoms with Crippen LogP contribution in [0.3, 0.4) is 0 Å². The number of fused-ring (bicyclic) bond motifs is 1. The number of carboxylic acids is 1. The number of aromatic nitrogens is 1. The smallest absolute Gasteiger partial charge is 0.422 e. The van der Waals surface area contributed by atoms with Crippen molar-refractivity contribution in [2.24, 2.45) is 0 Å². The molecular weight excluding hydrogens is 453 g/mol. The van der Waals surface area contributed by atoms with Crippen LogP contribution in [0.4, 0.5) is 13.2 Å². The number of amides is 1. The van der Waals surface area contributed by atoms with E-state index in [2.05, 4.69) is 15.0 Å². The average molecular weight is 476 g/mol. The van der Waals surface area contributed by atoms with Crippen LogP contribution < -0.4 is 14.8 Å². The van der Waals surface area contributed by atoms with Crippen molar-refractivity contribution in [1.29, 1.82) is 0 Å². The number of aliphatic carboxylic acids is 1. The lowest BCUT2D eigenvalue weighted by molar-refractivity contribution is -0.154. The summed E-state index contributed by atoms with van der Waals surface area (Å²) in [4.78, 5) is 28.5. The second-order valence-electron chi connectivity index (χ2n) is 7.81. The highest BCUT2D eigenvalue weighted by Crippen LogP contribution is 2.31. The standard InChI is InChI=1S/C24H23F3N2O5/c1-3-23(2,22(31)32)29-21(30)18-10-9-16-6-4-5-7-17(16)20(18)33-13-15-8-11-19(28-12-15)34-14-24(25,26)27/h4-12H,3,13-14H2,1-2H3,(H,29,30)(H,31,32). The van der Waals surface area contributed by atoms with Crippen molar-refractivity contribution in [3.63, 3.8) is 0 Å². The molecule has 3 rings (SSSR count). The number of rotatable bonds is 9. The zero-order chi connectivity index (χ0) is 24.9. The van der Waals surface area contributed by atoms with E-state index in [9.17, 15) is 27.9 Å². The molecule has 0 saturated carbocycles. The fourth-order valence-corrected chi connectivity index (χ4v) is 3.08. The van der Waals surface area contributed by atoms with Gasteiger partial charge in [0.1, 0.15) is 17.9 Å². The first-order chi connectivity index (χ1) is 16.0. The predicted molar refractivity (Wildman–Crippen MR) is 118 cm³/mol. The Morgan fingerprint density at radius 1 is 1.06 bits per heavy atom. The molecule has 1 unspecified atom stereocenters. The van der Waals surface area contributed by atoms with Crippen LogP contribution >= 0.6 is 0 Å². The highest BCUT2D eigenvalue weighted by Gasteiger charge is 2.34. The van der Waals surface area contributed by atoms with Crippen LogP contribution in [0.5, 0.6) is 11.6 Å². The summed E-state index contributed by atoms with van der Waals surface area (Å²) in [5.41, 5.74) is -0.781. The third-order valence-electron chi connectivity index (χ3n) is 5.26. The summed E-state index contributed by atoms with van der Waals surface area (Å²) in [5, 5.41) is 13.5. The van der Waals surface area contributed by atoms with Crippen LogP contribution in [0.1, 0.15) is 36.2 Å². The summed E-state index contributed by atoms with van der Waals surface area (Å²) in [6, 6.07) is 13.3. The first-order valence-corrected chi connectivity index (χ1v) is 10.4. The normalized spacial score (nSPS) is 13.2. The van der Waals surface area contributed by atoms with Crippen molar-refractivity contribution in [1.82, 2.24) is 10.3 Å². The number of hydrogen-bond donors (Lipinski definition) is 2. The number of pyridine rings is 1. The van der Waals surface area contributed by atoms with E-state index in [-0.39, 0.29) is 30.2 Å². The molecule has 7 nitrogen and oxygen atoms in total. The summed E-state index contributed by atoms with van der Waals surface area (Å²) in [6.45, 7) is 1.59. The monoisotopic (exact) mass is 476 g/mol. The maximum atomic E-state index is 13.0. The van der Waals surface area contributed by atoms with Gasteiger partial charge < -0.3 is 19.9 Å². The van der Waals surface area contributed by atoms with Crippen LogP contribution in [0.25, 0.3) is 10.8 Å². The highest BCUT2D eigenvalue weighted by atomic mass is 19.4. The van der Waals surface area contributed by atoms with Gasteiger partial charge in [0, 0.05) is 23.2 Å². The summed E-state index contributed by atoms with van der Waals surface area (Å²) < 4.78 is 47.4. The quantitative estimate of drug-likeness (QED) is 0.463. The maximum absolute atomic E-state index is 13.0. The lowest BCUT2D eigenvalue weighted by atomic mass is 9.97. The van der Waals surface area contributed by atoms with Gasteiger partial charge in [-0.05, 0) is 30.9 Å². The molecule has 0 fully saturated rings. The van der Waals surface area contributed by atoms with Gasteiger partial charge in [-0.2, -0.15) is 13.2 Å². The molecule has 0 saturated heterocycles. The molecule has 0 bridgehead atoms. The third kappa shape index (κ3) is 5.94. The van der Waals surface area contributed by atoms with E-state index >= 15 is 0 Å². The van der Waals surface area contributed by atoms with Crippen LogP contribution in [0, 0.1) is 0 Å². The molecule has 10 heteroatoms. The lowest BCUT2D eigenvalue weighted by Crippen LogP contribution is -2.51. The molecule has 2 N–H and O–H groups in total. The number of alkyl halides is 3. The van der Waals surface area contributed by atoms with E-state index < -0.39 is 30.2 Å². The van der Waals surface area contributed by atoms with Crippen molar-refractivity contribution in [2.45, 2.75) is 38.6 Å². The Hall–Kier alpha value is -3.82. The Kier molecular flexibility index (Phi) is 7.29. The second-order valence-corrected chi connectivity index (χ2v) is 7.81. The number of nitrogens with zero attached hydrogens (tertiary/aromatic N) is 1. The molecule has 1 amide bonds. The zero-order valence-electron chi connectivity index (χ0n) is 18.5. The fourth-order valence-electron chi connectivity index (χ4n) is 3.08. The number of carboxylic acid groups (broad SMARTS) is 1. The molecular formula is C24H23F3N2O5. The van der Waals surface area contributed by atoms with Gasteiger partial charge in [-0.25, -0.2) is 9.78 Å². The van der Waals surface area contributed by atoms with Gasteiger partial charge in [-0.15, -0.1) is 0 Å². The number of carbonyl (C=O) groups is 2. The minimum atomic E-state index is -4.47. The van der Waals surface area contributed by atoms with Gasteiger partial charge in [-0.3, -0.25) is 4.79 Å². The molecule has 1 aromatic heterocycles. The molecule has 3 aromatic rings. The van der Waals surface area contributed by atoms with Crippen molar-refractivity contribution in [3.8, 4) is 11.6 Å². The molecule has 2 aromatic carbocycles. The van der Waals surface area contributed by atoms with E-state index in [0.717, 1.165) is 5.39 Å². The minimum Gasteiger partial charge on any atom is -0.487 e. The Labute approximate surface area is 193 Å². The molecule has 1 atom stereocenters. The van der Waals surface area contributed by atoms with E-state index in [1.165, 1.54) is 25.3 Å². The van der Waals surface area contributed by atoms with Gasteiger partial charge in [0.15, 0.2) is 6.61 Å². The first-order valence-electron chi connectivity index (χ1n) is 10.4. The number of nitrogens with one attached hydrogen (secondary N) is 1. The Morgan fingerprint density at radius 3 is 2.41 bits per heavy atom. The molecule has 0 aliphatic carbocycles. The van der Waals surface area contributed by atoms with Crippen molar-refractivity contribution >= 4 is 22.6 Å². The minimum absolute atomic E-state index is 0.0369. The highest BCUT2D eigenvalue weighted by molar-refractivity contribution is 6.05. The van der Waals surface area contributed by atoms with Crippen molar-refractivity contribution < 1.29 is 37.3 Å². The molecule has 180 valence electrons. The zero-order valence-corrected chi connectivity index (χ0v) is 18.5. The van der Waals surface area contributed by atoms with E-state index in [1.807, 2.05) is 12.1 Å². The van der Waals surface area contributed by atoms with E-state index in [0.29, 0.717) is 10.9 Å². The molecule has 0 aliphatic heterocycles. The molecule has 1 heterocycles. The number of carbonyl (C=O) groups excluding carboxylic acids is 1. The van der Waals surface area contributed by atoms with Crippen molar-refractivity contribution in [2.75, 3.05) is 6.61 Å². The van der Waals surface area contributed by atoms with Gasteiger partial charge in [0.05, 0.1) is 5.56 Å². The van der Waals surface area contributed by atoms with Crippen LogP contribution in [-0.4, -0.2) is 40.3 Å². The topological polar surface area (TPSA) is 97.8 Å². The Bertz CT molecular complexity index is 1180. The SMILES string of the molecule is CCC(C)(NC(=O)c1ccc2ccccc2c1OCc1ccc(OCC(F)(F)F)nc1)C(=O)O. The summed E-state index contributed by atoms with van der Waals surface area (Å²) in [6.07, 6.45) is -2.98. The van der Waals surface area contributed by atoms with Crippen LogP contribution in [0.15, 0.2) is 54.7 Å². The van der Waals surface area contributed by atoms with Gasteiger partial charge in [-0.1, -0.05) is 37.3 Å². The number of ether oxygens (including phenoxy) is 2. The van der Waals surface area contributed by atoms with Crippen LogP contribution in [-0.2, 0) is 11.4 Å². The Balaban J connectivity index is 1.85. The second kappa shape index (κ2) is 9.98. The molecule has 0 radical (unpaired) electrons. The number of hydrogen-bond acceptors (Lipinski definition) is 5. The first kappa shape index (κ1) is 24.8. The van der Waals surface area contributed by atoms with Crippen molar-refractivity contribution in [3.05, 3.63) is 65.9 Å². The largest absolute Gasteiger partial charge is 0.487 e. The number of benzene rings is 2. The average Bonchev–Trinajstić information content (AvgIpc) is 2.81. The van der Waals surface area contributed by atoms with Crippen LogP contribution in [0.2, 0.25) is 0 Å². The van der Waals surface area contributed by atoms with Gasteiger partial charge >= 0.3 is 12.1 Å². The van der Waals surface area contributed by atoms with E-state index in [1.54, 1.807) is 31.2 Å².